The van der Waals surface area contributed by atoms with Crippen LogP contribution in [-0.4, -0.2) is 36.4 Å². The summed E-state index contributed by atoms with van der Waals surface area (Å²) >= 11 is 2.73. The van der Waals surface area contributed by atoms with E-state index in [1.165, 1.54) is 23.1 Å². The van der Waals surface area contributed by atoms with Crippen molar-refractivity contribution in [1.82, 2.24) is 24.7 Å². The van der Waals surface area contributed by atoms with E-state index in [-0.39, 0.29) is 11.7 Å². The van der Waals surface area contributed by atoms with Crippen molar-refractivity contribution in [3.05, 3.63) is 65.4 Å². The summed E-state index contributed by atoms with van der Waals surface area (Å²) in [5.41, 5.74) is 4.13. The van der Waals surface area contributed by atoms with E-state index < -0.39 is 0 Å². The zero-order valence-electron chi connectivity index (χ0n) is 15.9. The minimum absolute atomic E-state index is 0.133. The second-order valence-corrected chi connectivity index (χ2v) is 8.18. The van der Waals surface area contributed by atoms with Crippen molar-refractivity contribution in [2.75, 3.05) is 11.1 Å². The van der Waals surface area contributed by atoms with E-state index in [4.69, 9.17) is 0 Å². The van der Waals surface area contributed by atoms with Crippen molar-refractivity contribution in [2.45, 2.75) is 19.0 Å². The fraction of sp³-hybridized carbons (Fsp3) is 0.150. The maximum absolute atomic E-state index is 12.3. The van der Waals surface area contributed by atoms with Gasteiger partial charge in [-0.25, -0.2) is 4.98 Å². The molecule has 0 spiro atoms. The largest absolute Gasteiger partial charge is 0.301 e. The van der Waals surface area contributed by atoms with Crippen LogP contribution in [0.5, 0.6) is 0 Å². The minimum Gasteiger partial charge on any atom is -0.301 e. The van der Waals surface area contributed by atoms with Crippen LogP contribution >= 0.6 is 23.1 Å². The van der Waals surface area contributed by atoms with Crippen molar-refractivity contribution < 1.29 is 4.79 Å². The van der Waals surface area contributed by atoms with Crippen LogP contribution in [0.4, 0.5) is 5.13 Å². The normalized spacial score (nSPS) is 10.8. The van der Waals surface area contributed by atoms with Crippen molar-refractivity contribution in [2.24, 2.45) is 0 Å². The van der Waals surface area contributed by atoms with Crippen molar-refractivity contribution in [3.8, 4) is 17.1 Å². The first-order chi connectivity index (χ1) is 14.1. The number of carbonyl (C=O) groups is 1. The lowest BCUT2D eigenvalue weighted by molar-refractivity contribution is -0.113. The standard InChI is InChI=1S/C20H18N6OS2/c1-13-3-4-14(2)16(11-13)26-18(15-5-7-21-8-6-15)24-25-20(26)29-12-17(27)23-19-22-9-10-28-19/h3-11H,12H2,1-2H3,(H,22,23,27). The van der Waals surface area contributed by atoms with E-state index >= 15 is 0 Å². The van der Waals surface area contributed by atoms with Gasteiger partial charge in [-0.1, -0.05) is 23.9 Å². The van der Waals surface area contributed by atoms with Crippen LogP contribution in [0.15, 0.2) is 59.5 Å². The Kier molecular flexibility index (Phi) is 5.68. The molecule has 3 aromatic heterocycles. The molecular formula is C20H18N6OS2. The number of nitrogens with zero attached hydrogens (tertiary/aromatic N) is 5. The van der Waals surface area contributed by atoms with Crippen molar-refractivity contribution >= 4 is 34.1 Å². The van der Waals surface area contributed by atoms with Gasteiger partial charge in [0.2, 0.25) is 5.91 Å². The quantitative estimate of drug-likeness (QED) is 0.470. The Balaban J connectivity index is 1.68. The Morgan fingerprint density at radius 2 is 1.97 bits per heavy atom. The van der Waals surface area contributed by atoms with Gasteiger partial charge in [0.05, 0.1) is 11.4 Å². The van der Waals surface area contributed by atoms with E-state index in [0.29, 0.717) is 16.1 Å². The molecule has 1 aromatic carbocycles. The van der Waals surface area contributed by atoms with Crippen LogP contribution in [0.2, 0.25) is 0 Å². The molecule has 1 amide bonds. The lowest BCUT2D eigenvalue weighted by Gasteiger charge is -2.13. The molecule has 0 bridgehead atoms. The summed E-state index contributed by atoms with van der Waals surface area (Å²) in [6.45, 7) is 4.10. The van der Waals surface area contributed by atoms with Crippen LogP contribution in [0.25, 0.3) is 17.1 Å². The molecule has 7 nitrogen and oxygen atoms in total. The van der Waals surface area contributed by atoms with E-state index in [2.05, 4.69) is 50.6 Å². The second kappa shape index (κ2) is 8.54. The van der Waals surface area contributed by atoms with Gasteiger partial charge in [-0.2, -0.15) is 0 Å². The third-order valence-electron chi connectivity index (χ3n) is 4.19. The fourth-order valence-electron chi connectivity index (χ4n) is 2.80. The number of carbonyl (C=O) groups excluding carboxylic acids is 1. The Bertz CT molecular complexity index is 1130. The number of pyridine rings is 1. The molecule has 0 unspecified atom stereocenters. The molecule has 3 heterocycles. The van der Waals surface area contributed by atoms with E-state index in [1.807, 2.05) is 29.0 Å². The van der Waals surface area contributed by atoms with Crippen molar-refractivity contribution in [1.29, 1.82) is 0 Å². The average Bonchev–Trinajstić information content (AvgIpc) is 3.38. The summed E-state index contributed by atoms with van der Waals surface area (Å²) < 4.78 is 2.00. The summed E-state index contributed by atoms with van der Waals surface area (Å²) in [7, 11) is 0. The van der Waals surface area contributed by atoms with Crippen LogP contribution in [0.1, 0.15) is 11.1 Å². The predicted octanol–water partition coefficient (Wildman–Crippen LogP) is 4.13. The Morgan fingerprint density at radius 3 is 2.72 bits per heavy atom. The van der Waals surface area contributed by atoms with Gasteiger partial charge >= 0.3 is 0 Å². The molecule has 0 radical (unpaired) electrons. The highest BCUT2D eigenvalue weighted by Gasteiger charge is 2.19. The predicted molar refractivity (Wildman–Crippen MR) is 116 cm³/mol. The third kappa shape index (κ3) is 4.36. The topological polar surface area (TPSA) is 85.6 Å². The highest BCUT2D eigenvalue weighted by Crippen LogP contribution is 2.30. The van der Waals surface area contributed by atoms with E-state index in [1.54, 1.807) is 18.6 Å². The maximum atomic E-state index is 12.3. The molecule has 0 aliphatic carbocycles. The summed E-state index contributed by atoms with van der Waals surface area (Å²) in [5, 5.41) is 14.6. The highest BCUT2D eigenvalue weighted by molar-refractivity contribution is 7.99. The Labute approximate surface area is 176 Å². The summed E-state index contributed by atoms with van der Waals surface area (Å²) in [6, 6.07) is 10.0. The van der Waals surface area contributed by atoms with Crippen LogP contribution in [-0.2, 0) is 4.79 Å². The number of benzene rings is 1. The molecule has 0 saturated carbocycles. The number of aryl methyl sites for hydroxylation is 2. The first-order valence-electron chi connectivity index (χ1n) is 8.87. The summed E-state index contributed by atoms with van der Waals surface area (Å²) in [4.78, 5) is 20.5. The van der Waals surface area contributed by atoms with Crippen LogP contribution in [0.3, 0.4) is 0 Å². The van der Waals surface area contributed by atoms with Gasteiger partial charge in [-0.3, -0.25) is 14.3 Å². The lowest BCUT2D eigenvalue weighted by Crippen LogP contribution is -2.14. The zero-order valence-corrected chi connectivity index (χ0v) is 17.5. The molecule has 0 aliphatic rings. The highest BCUT2D eigenvalue weighted by atomic mass is 32.2. The second-order valence-electron chi connectivity index (χ2n) is 6.34. The monoisotopic (exact) mass is 422 g/mol. The molecule has 4 aromatic rings. The number of aromatic nitrogens is 5. The first kappa shape index (κ1) is 19.3. The van der Waals surface area contributed by atoms with Gasteiger partial charge in [0, 0.05) is 29.5 Å². The smallest absolute Gasteiger partial charge is 0.236 e. The molecule has 9 heteroatoms. The van der Waals surface area contributed by atoms with Gasteiger partial charge in [-0.15, -0.1) is 21.5 Å². The van der Waals surface area contributed by atoms with E-state index in [0.717, 1.165) is 22.4 Å². The molecule has 0 atom stereocenters. The minimum atomic E-state index is -0.133. The molecule has 0 fully saturated rings. The van der Waals surface area contributed by atoms with Gasteiger partial charge in [0.25, 0.3) is 0 Å². The number of anilines is 1. The first-order valence-corrected chi connectivity index (χ1v) is 10.7. The number of amides is 1. The lowest BCUT2D eigenvalue weighted by atomic mass is 10.1. The molecule has 29 heavy (non-hydrogen) atoms. The van der Waals surface area contributed by atoms with Crippen LogP contribution < -0.4 is 5.32 Å². The maximum Gasteiger partial charge on any atom is 0.236 e. The summed E-state index contributed by atoms with van der Waals surface area (Å²) in [5.74, 6) is 0.786. The fourth-order valence-corrected chi connectivity index (χ4v) is 4.09. The van der Waals surface area contributed by atoms with Gasteiger partial charge in [-0.05, 0) is 43.2 Å². The number of hydrogen-bond donors (Lipinski definition) is 1. The van der Waals surface area contributed by atoms with Crippen molar-refractivity contribution in [3.63, 3.8) is 0 Å². The summed E-state index contributed by atoms with van der Waals surface area (Å²) in [6.07, 6.45) is 5.11. The molecule has 1 N–H and O–H groups in total. The average molecular weight is 423 g/mol. The number of hydrogen-bond acceptors (Lipinski definition) is 7. The zero-order chi connectivity index (χ0) is 20.2. The van der Waals surface area contributed by atoms with E-state index in [9.17, 15) is 4.79 Å². The van der Waals surface area contributed by atoms with Gasteiger partial charge < -0.3 is 5.32 Å². The molecule has 0 saturated heterocycles. The van der Waals surface area contributed by atoms with Gasteiger partial charge in [0.1, 0.15) is 0 Å². The Hall–Kier alpha value is -3.04. The number of nitrogens with one attached hydrogen (secondary N) is 1. The SMILES string of the molecule is Cc1ccc(C)c(-n2c(SCC(=O)Nc3nccs3)nnc2-c2ccncc2)c1. The van der Waals surface area contributed by atoms with Crippen LogP contribution in [0, 0.1) is 13.8 Å². The number of thioether (sulfide) groups is 1. The molecule has 0 aliphatic heterocycles. The Morgan fingerprint density at radius 1 is 1.14 bits per heavy atom. The number of rotatable bonds is 6. The third-order valence-corrected chi connectivity index (χ3v) is 5.81. The molecular weight excluding hydrogens is 404 g/mol. The molecule has 146 valence electrons. The van der Waals surface area contributed by atoms with Gasteiger partial charge in [0.15, 0.2) is 16.1 Å². The number of thiazole rings is 1. The molecule has 4 rings (SSSR count).